The molecule has 136 valence electrons. The maximum Gasteiger partial charge on any atom is 0.387 e. The van der Waals surface area contributed by atoms with Crippen LogP contribution in [0.5, 0.6) is 5.75 Å². The molecule has 0 atom stereocenters. The molecule has 3 N–H and O–H groups in total. The summed E-state index contributed by atoms with van der Waals surface area (Å²) in [6.07, 6.45) is 0. The Labute approximate surface area is 143 Å². The molecule has 8 nitrogen and oxygen atoms in total. The maximum atomic E-state index is 12.4. The van der Waals surface area contributed by atoms with Crippen molar-refractivity contribution < 1.29 is 23.1 Å². The zero-order chi connectivity index (χ0) is 18.2. The number of hydrogen-bond donors (Lipinski definition) is 3. The maximum absolute atomic E-state index is 12.4. The van der Waals surface area contributed by atoms with Gasteiger partial charge in [-0.05, 0) is 6.07 Å². The van der Waals surface area contributed by atoms with Gasteiger partial charge in [-0.3, -0.25) is 14.7 Å². The van der Waals surface area contributed by atoms with Crippen molar-refractivity contribution in [1.82, 2.24) is 20.9 Å². The molecule has 2 rings (SSSR count). The zero-order valence-electron chi connectivity index (χ0n) is 13.6. The molecule has 1 heterocycles. The lowest BCUT2D eigenvalue weighted by Crippen LogP contribution is -2.43. The highest BCUT2D eigenvalue weighted by atomic mass is 19.3. The van der Waals surface area contributed by atoms with E-state index in [1.54, 1.807) is 25.2 Å². The first kappa shape index (κ1) is 18.4. The van der Waals surface area contributed by atoms with Crippen LogP contribution in [0.1, 0.15) is 5.56 Å². The number of rotatable bonds is 7. The summed E-state index contributed by atoms with van der Waals surface area (Å²) in [5.41, 5.74) is 0.542. The highest BCUT2D eigenvalue weighted by molar-refractivity contribution is 6.01. The number of amides is 3. The molecule has 0 aromatic heterocycles. The number of alkyl halides is 2. The summed E-state index contributed by atoms with van der Waals surface area (Å²) < 4.78 is 29.3. The summed E-state index contributed by atoms with van der Waals surface area (Å²) in [5, 5.41) is 8.33. The first-order valence-corrected chi connectivity index (χ1v) is 7.56. The van der Waals surface area contributed by atoms with E-state index < -0.39 is 12.6 Å². The summed E-state index contributed by atoms with van der Waals surface area (Å²) in [4.78, 5) is 28.0. The molecule has 0 radical (unpaired) electrons. The van der Waals surface area contributed by atoms with Gasteiger partial charge in [-0.15, -0.1) is 0 Å². The Kier molecular flexibility index (Phi) is 6.49. The Morgan fingerprint density at radius 1 is 1.36 bits per heavy atom. The fraction of sp³-hybridized carbons (Fsp3) is 0.400. The minimum Gasteiger partial charge on any atom is -0.434 e. The first-order valence-electron chi connectivity index (χ1n) is 7.56. The van der Waals surface area contributed by atoms with Crippen molar-refractivity contribution in [1.29, 1.82) is 0 Å². The van der Waals surface area contributed by atoms with Crippen LogP contribution in [0, 0.1) is 0 Å². The van der Waals surface area contributed by atoms with Crippen LogP contribution >= 0.6 is 0 Å². The Hall–Kier alpha value is -2.91. The Morgan fingerprint density at radius 3 is 2.76 bits per heavy atom. The number of halogens is 2. The Balaban J connectivity index is 1.83. The van der Waals surface area contributed by atoms with E-state index in [4.69, 9.17) is 0 Å². The van der Waals surface area contributed by atoms with Crippen LogP contribution in [-0.4, -0.2) is 56.1 Å². The van der Waals surface area contributed by atoms with Gasteiger partial charge in [-0.2, -0.15) is 8.78 Å². The highest BCUT2D eigenvalue weighted by Gasteiger charge is 2.27. The fourth-order valence-corrected chi connectivity index (χ4v) is 2.23. The molecule has 25 heavy (non-hydrogen) atoms. The number of hydrogen-bond acceptors (Lipinski definition) is 4. The standard InChI is InChI=1S/C15H19F2N5O3/c1-18-14(19-6-7-22-12(23)9-21-15(22)24)20-8-10-4-2-3-5-11(10)25-13(16)17/h2-5,13H,6-9H2,1H3,(H,21,24)(H2,18,19,20). The van der Waals surface area contributed by atoms with Gasteiger partial charge in [-0.1, -0.05) is 18.2 Å². The van der Waals surface area contributed by atoms with Crippen molar-refractivity contribution in [2.45, 2.75) is 13.2 Å². The lowest BCUT2D eigenvalue weighted by Gasteiger charge is -2.16. The normalized spacial score (nSPS) is 14.7. The zero-order valence-corrected chi connectivity index (χ0v) is 13.6. The van der Waals surface area contributed by atoms with Gasteiger partial charge in [-0.25, -0.2) is 4.79 Å². The second-order valence-corrected chi connectivity index (χ2v) is 5.04. The molecule has 0 spiro atoms. The van der Waals surface area contributed by atoms with Crippen LogP contribution in [0.25, 0.3) is 0 Å². The number of aliphatic imine (C=N–C) groups is 1. The summed E-state index contributed by atoms with van der Waals surface area (Å²) in [6, 6.07) is 6.00. The third-order valence-electron chi connectivity index (χ3n) is 3.42. The molecule has 0 aliphatic carbocycles. The van der Waals surface area contributed by atoms with E-state index >= 15 is 0 Å². The summed E-state index contributed by atoms with van der Waals surface area (Å²) in [6.45, 7) is -2.19. The van der Waals surface area contributed by atoms with Gasteiger partial charge in [0.25, 0.3) is 0 Å². The van der Waals surface area contributed by atoms with Gasteiger partial charge < -0.3 is 20.7 Å². The van der Waals surface area contributed by atoms with Crippen LogP contribution in [-0.2, 0) is 11.3 Å². The van der Waals surface area contributed by atoms with E-state index in [2.05, 4.69) is 25.7 Å². The van der Waals surface area contributed by atoms with E-state index in [9.17, 15) is 18.4 Å². The number of para-hydroxylation sites is 1. The molecule has 0 saturated carbocycles. The number of nitrogens with zero attached hydrogens (tertiary/aromatic N) is 2. The van der Waals surface area contributed by atoms with E-state index in [1.807, 2.05) is 0 Å². The number of imide groups is 1. The van der Waals surface area contributed by atoms with E-state index in [1.165, 1.54) is 6.07 Å². The molecule has 1 aliphatic heterocycles. The van der Waals surface area contributed by atoms with Gasteiger partial charge in [0.2, 0.25) is 5.91 Å². The molecule has 1 fully saturated rings. The van der Waals surface area contributed by atoms with Crippen LogP contribution in [0.3, 0.4) is 0 Å². The van der Waals surface area contributed by atoms with Crippen molar-refractivity contribution in [3.63, 3.8) is 0 Å². The summed E-state index contributed by atoms with van der Waals surface area (Å²) >= 11 is 0. The largest absolute Gasteiger partial charge is 0.434 e. The predicted octanol–water partition coefficient (Wildman–Crippen LogP) is 0.505. The Bertz CT molecular complexity index is 638. The van der Waals surface area contributed by atoms with Crippen LogP contribution < -0.4 is 20.7 Å². The third kappa shape index (κ3) is 5.30. The SMILES string of the molecule is CN=C(NCCN1C(=O)CNC1=O)NCc1ccccc1OC(F)F. The number of carbonyl (C=O) groups is 2. The van der Waals surface area contributed by atoms with Crippen molar-refractivity contribution in [2.24, 2.45) is 4.99 Å². The van der Waals surface area contributed by atoms with Gasteiger partial charge in [0.1, 0.15) is 5.75 Å². The first-order chi connectivity index (χ1) is 12.0. The molecule has 3 amide bonds. The molecule has 0 unspecified atom stereocenters. The average Bonchev–Trinajstić information content (AvgIpc) is 2.90. The summed E-state index contributed by atoms with van der Waals surface area (Å²) in [5.74, 6) is 0.200. The fourth-order valence-electron chi connectivity index (χ4n) is 2.23. The van der Waals surface area contributed by atoms with Crippen molar-refractivity contribution in [3.8, 4) is 5.75 Å². The second kappa shape index (κ2) is 8.81. The van der Waals surface area contributed by atoms with Crippen LogP contribution in [0.2, 0.25) is 0 Å². The van der Waals surface area contributed by atoms with Crippen molar-refractivity contribution in [2.75, 3.05) is 26.7 Å². The lowest BCUT2D eigenvalue weighted by atomic mass is 10.2. The molecule has 1 aromatic carbocycles. The van der Waals surface area contributed by atoms with Crippen LogP contribution in [0.4, 0.5) is 13.6 Å². The molecular weight excluding hydrogens is 336 g/mol. The number of carbonyl (C=O) groups excluding carboxylic acids is 2. The molecular formula is C15H19F2N5O3. The van der Waals surface area contributed by atoms with E-state index in [0.717, 1.165) is 4.90 Å². The average molecular weight is 355 g/mol. The van der Waals surface area contributed by atoms with Crippen molar-refractivity contribution >= 4 is 17.9 Å². The number of guanidine groups is 1. The minimum absolute atomic E-state index is 0.00668. The molecule has 1 saturated heterocycles. The Morgan fingerprint density at radius 2 is 2.12 bits per heavy atom. The van der Waals surface area contributed by atoms with Crippen LogP contribution in [0.15, 0.2) is 29.3 Å². The topological polar surface area (TPSA) is 95.1 Å². The number of benzene rings is 1. The summed E-state index contributed by atoms with van der Waals surface area (Å²) in [7, 11) is 1.55. The number of ether oxygens (including phenoxy) is 1. The highest BCUT2D eigenvalue weighted by Crippen LogP contribution is 2.19. The monoisotopic (exact) mass is 355 g/mol. The molecule has 1 aliphatic rings. The van der Waals surface area contributed by atoms with Gasteiger partial charge in [0, 0.05) is 32.2 Å². The minimum atomic E-state index is -2.90. The third-order valence-corrected chi connectivity index (χ3v) is 3.42. The van der Waals surface area contributed by atoms with E-state index in [-0.39, 0.29) is 31.3 Å². The van der Waals surface area contributed by atoms with Gasteiger partial charge in [0.05, 0.1) is 6.54 Å². The second-order valence-electron chi connectivity index (χ2n) is 5.04. The van der Waals surface area contributed by atoms with Gasteiger partial charge in [0.15, 0.2) is 5.96 Å². The van der Waals surface area contributed by atoms with Crippen molar-refractivity contribution in [3.05, 3.63) is 29.8 Å². The quantitative estimate of drug-likeness (QED) is 0.376. The number of urea groups is 1. The smallest absolute Gasteiger partial charge is 0.387 e. The molecule has 1 aromatic rings. The predicted molar refractivity (Wildman–Crippen MR) is 86.4 cm³/mol. The molecule has 0 bridgehead atoms. The van der Waals surface area contributed by atoms with E-state index in [0.29, 0.717) is 18.1 Å². The number of nitrogens with one attached hydrogen (secondary N) is 3. The lowest BCUT2D eigenvalue weighted by molar-refractivity contribution is -0.124. The van der Waals surface area contributed by atoms with Gasteiger partial charge >= 0.3 is 12.6 Å². The molecule has 10 heteroatoms.